The van der Waals surface area contributed by atoms with Crippen LogP contribution in [0.2, 0.25) is 0 Å². The van der Waals surface area contributed by atoms with E-state index in [0.717, 1.165) is 16.3 Å². The van der Waals surface area contributed by atoms with Crippen molar-refractivity contribution >= 4 is 37.7 Å². The van der Waals surface area contributed by atoms with E-state index >= 15 is 0 Å². The summed E-state index contributed by atoms with van der Waals surface area (Å²) in [4.78, 5) is 11.0. The van der Waals surface area contributed by atoms with E-state index in [9.17, 15) is 21.6 Å². The summed E-state index contributed by atoms with van der Waals surface area (Å²) in [5.41, 5.74) is 3.21. The summed E-state index contributed by atoms with van der Waals surface area (Å²) < 4.78 is 53.1. The molecule has 1 amide bonds. The predicted octanol–water partition coefficient (Wildman–Crippen LogP) is 2.28. The topological polar surface area (TPSA) is 135 Å². The van der Waals surface area contributed by atoms with Crippen molar-refractivity contribution in [2.45, 2.75) is 4.90 Å². The van der Waals surface area contributed by atoms with Gasteiger partial charge in [0.1, 0.15) is 0 Å². The van der Waals surface area contributed by atoms with E-state index in [2.05, 4.69) is 4.72 Å². The van der Waals surface area contributed by atoms with Gasteiger partial charge in [-0.1, -0.05) is 36.4 Å². The Bertz CT molecular complexity index is 1340. The van der Waals surface area contributed by atoms with Crippen LogP contribution in [0.5, 0.6) is 0 Å². The van der Waals surface area contributed by atoms with Gasteiger partial charge in [-0.2, -0.15) is 0 Å². The second-order valence-corrected chi connectivity index (χ2v) is 10.1. The quantitative estimate of drug-likeness (QED) is 0.281. The Hall–Kier alpha value is -3.41. The van der Waals surface area contributed by atoms with Gasteiger partial charge < -0.3 is 0 Å². The van der Waals surface area contributed by atoms with E-state index in [0.29, 0.717) is 16.7 Å². The Labute approximate surface area is 179 Å². The van der Waals surface area contributed by atoms with Gasteiger partial charge in [-0.25, -0.2) is 26.3 Å². The van der Waals surface area contributed by atoms with Crippen LogP contribution in [0.4, 0.5) is 5.69 Å². The zero-order valence-corrected chi connectivity index (χ0v) is 17.9. The Balaban J connectivity index is 2.04. The van der Waals surface area contributed by atoms with E-state index in [1.807, 2.05) is 6.07 Å². The molecule has 0 aliphatic heterocycles. The number of nitrogens with one attached hydrogen (secondary N) is 2. The van der Waals surface area contributed by atoms with Crippen LogP contribution in [0.15, 0.2) is 78.0 Å². The lowest BCUT2D eigenvalue weighted by molar-refractivity contribution is -0.124. The lowest BCUT2D eigenvalue weighted by Crippen LogP contribution is -2.14. The molecule has 0 bridgehead atoms. The van der Waals surface area contributed by atoms with Gasteiger partial charge in [0.05, 0.1) is 16.8 Å². The lowest BCUT2D eigenvalue weighted by Gasteiger charge is -2.14. The summed E-state index contributed by atoms with van der Waals surface area (Å²) in [6.07, 6.45) is 5.92. The first-order chi connectivity index (χ1) is 14.6. The molecular weight excluding hydrogens is 442 g/mol. The first kappa shape index (κ1) is 22.3. The smallest absolute Gasteiger partial charge is 0.267 e. The lowest BCUT2D eigenvalue weighted by atomic mass is 10.0. The van der Waals surface area contributed by atoms with Crippen molar-refractivity contribution in [2.24, 2.45) is 0 Å². The maximum absolute atomic E-state index is 13.0. The number of carbonyl (C=O) groups excluding carboxylic acids is 1. The second kappa shape index (κ2) is 8.76. The molecule has 162 valence electrons. The van der Waals surface area contributed by atoms with E-state index in [-0.39, 0.29) is 10.6 Å². The van der Waals surface area contributed by atoms with Crippen LogP contribution in [0, 0.1) is 0 Å². The first-order valence-electron chi connectivity index (χ1n) is 8.83. The Morgan fingerprint density at radius 2 is 1.74 bits per heavy atom. The van der Waals surface area contributed by atoms with E-state index in [1.54, 1.807) is 24.3 Å². The van der Waals surface area contributed by atoms with Crippen molar-refractivity contribution in [1.29, 1.82) is 0 Å². The van der Waals surface area contributed by atoms with Gasteiger partial charge in [0.2, 0.25) is 10.0 Å². The number of sulfonamides is 1. The maximum atomic E-state index is 13.0. The fourth-order valence-electron chi connectivity index (χ4n) is 2.81. The molecule has 1 aromatic heterocycles. The average molecular weight is 462 g/mol. The van der Waals surface area contributed by atoms with Gasteiger partial charge in [0.15, 0.2) is 0 Å². The zero-order valence-electron chi connectivity index (χ0n) is 16.3. The fourth-order valence-corrected chi connectivity index (χ4v) is 4.61. The molecule has 31 heavy (non-hydrogen) atoms. The van der Waals surface area contributed by atoms with Crippen molar-refractivity contribution in [3.8, 4) is 11.1 Å². The monoisotopic (exact) mass is 461 g/mol. The molecule has 3 rings (SSSR count). The SMILES string of the molecule is CS(=O)(=O)Nc1cc(S(=O)(=O)n2ccc(/C=C/C(=O)NO)c2)ccc1-c1ccccc1. The molecule has 9 nitrogen and oxygen atoms in total. The van der Waals surface area contributed by atoms with Crippen molar-refractivity contribution in [3.63, 3.8) is 0 Å². The second-order valence-electron chi connectivity index (χ2n) is 6.54. The van der Waals surface area contributed by atoms with Crippen LogP contribution in [-0.4, -0.2) is 38.2 Å². The number of benzene rings is 2. The maximum Gasteiger partial charge on any atom is 0.267 e. The Kier molecular flexibility index (Phi) is 6.29. The Morgan fingerprint density at radius 3 is 2.39 bits per heavy atom. The van der Waals surface area contributed by atoms with Crippen LogP contribution < -0.4 is 10.2 Å². The summed E-state index contributed by atoms with van der Waals surface area (Å²) >= 11 is 0. The standard InChI is InChI=1S/C20H19N3O6S2/c1-30(26,27)22-19-13-17(8-9-18(19)16-5-3-2-4-6-16)31(28,29)23-12-11-15(14-23)7-10-20(24)21-25/h2-14,22,25H,1H3,(H,21,24)/b10-7+. The van der Waals surface area contributed by atoms with Crippen LogP contribution in [-0.2, 0) is 24.8 Å². The molecule has 0 spiro atoms. The highest BCUT2D eigenvalue weighted by molar-refractivity contribution is 7.92. The number of hydrogen-bond acceptors (Lipinski definition) is 6. The molecule has 0 aliphatic rings. The van der Waals surface area contributed by atoms with Gasteiger partial charge in [-0.15, -0.1) is 0 Å². The number of rotatable bonds is 7. The Morgan fingerprint density at radius 1 is 1.03 bits per heavy atom. The number of hydrogen-bond donors (Lipinski definition) is 3. The minimum absolute atomic E-state index is 0.127. The third-order valence-corrected chi connectivity index (χ3v) is 6.40. The molecule has 0 atom stereocenters. The molecule has 3 N–H and O–H groups in total. The molecule has 1 heterocycles. The van der Waals surface area contributed by atoms with E-state index in [1.165, 1.54) is 48.2 Å². The van der Waals surface area contributed by atoms with Crippen molar-refractivity contribution in [2.75, 3.05) is 11.0 Å². The van der Waals surface area contributed by atoms with Gasteiger partial charge in [0, 0.05) is 24.0 Å². The number of amides is 1. The molecule has 0 fully saturated rings. The van der Waals surface area contributed by atoms with E-state index < -0.39 is 26.0 Å². The third-order valence-electron chi connectivity index (χ3n) is 4.17. The van der Waals surface area contributed by atoms with Crippen LogP contribution >= 0.6 is 0 Å². The summed E-state index contributed by atoms with van der Waals surface area (Å²) in [7, 11) is -7.71. The number of nitrogens with zero attached hydrogens (tertiary/aromatic N) is 1. The molecule has 3 aromatic rings. The third kappa shape index (κ3) is 5.40. The molecule has 0 saturated heterocycles. The van der Waals surface area contributed by atoms with Crippen LogP contribution in [0.3, 0.4) is 0 Å². The average Bonchev–Trinajstić information content (AvgIpc) is 3.21. The van der Waals surface area contributed by atoms with Crippen LogP contribution in [0.25, 0.3) is 17.2 Å². The van der Waals surface area contributed by atoms with Gasteiger partial charge >= 0.3 is 0 Å². The minimum Gasteiger partial charge on any atom is -0.288 e. The molecular formula is C20H19N3O6S2. The van der Waals surface area contributed by atoms with Gasteiger partial charge in [0.25, 0.3) is 15.9 Å². The normalized spacial score (nSPS) is 12.1. The zero-order chi connectivity index (χ0) is 22.6. The largest absolute Gasteiger partial charge is 0.288 e. The molecule has 0 unspecified atom stereocenters. The van der Waals surface area contributed by atoms with Crippen molar-refractivity contribution in [1.82, 2.24) is 9.45 Å². The summed E-state index contributed by atoms with van der Waals surface area (Å²) in [5.74, 6) is -0.761. The molecule has 2 aromatic carbocycles. The highest BCUT2D eigenvalue weighted by Gasteiger charge is 2.20. The molecule has 11 heteroatoms. The highest BCUT2D eigenvalue weighted by Crippen LogP contribution is 2.31. The van der Waals surface area contributed by atoms with E-state index in [4.69, 9.17) is 5.21 Å². The van der Waals surface area contributed by atoms with Crippen molar-refractivity contribution < 1.29 is 26.8 Å². The molecule has 0 radical (unpaired) electrons. The van der Waals surface area contributed by atoms with Gasteiger partial charge in [-0.05, 0) is 35.4 Å². The number of hydroxylamine groups is 1. The summed E-state index contributed by atoms with van der Waals surface area (Å²) in [6.45, 7) is 0. The number of aromatic nitrogens is 1. The van der Waals surface area contributed by atoms with Crippen molar-refractivity contribution in [3.05, 3.63) is 78.6 Å². The minimum atomic E-state index is -4.04. The van der Waals surface area contributed by atoms with Gasteiger partial charge in [-0.3, -0.25) is 14.7 Å². The summed E-state index contributed by atoms with van der Waals surface area (Å²) in [5, 5.41) is 8.51. The molecule has 0 aliphatic carbocycles. The first-order valence-corrected chi connectivity index (χ1v) is 12.2. The van der Waals surface area contributed by atoms with Crippen LogP contribution in [0.1, 0.15) is 5.56 Å². The highest BCUT2D eigenvalue weighted by atomic mass is 32.2. The predicted molar refractivity (Wildman–Crippen MR) is 116 cm³/mol. The molecule has 0 saturated carbocycles. The summed E-state index contributed by atoms with van der Waals surface area (Å²) in [6, 6.07) is 14.6. The number of carbonyl (C=O) groups is 1. The fraction of sp³-hybridized carbons (Fsp3) is 0.0500. The number of anilines is 1.